The van der Waals surface area contributed by atoms with Gasteiger partial charge in [0.05, 0.1) is 22.9 Å². The Bertz CT molecular complexity index is 5690. The van der Waals surface area contributed by atoms with Gasteiger partial charge >= 0.3 is 0 Å². The zero-order chi connectivity index (χ0) is 82.2. The monoisotopic (exact) mass is 1610 g/mol. The fourth-order valence-corrected chi connectivity index (χ4v) is 15.6. The summed E-state index contributed by atoms with van der Waals surface area (Å²) in [5, 5.41) is 16.5. The molecule has 117 heavy (non-hydrogen) atoms. The number of amides is 4. The lowest BCUT2D eigenvalue weighted by molar-refractivity contribution is -0.118. The van der Waals surface area contributed by atoms with Crippen LogP contribution in [0.3, 0.4) is 0 Å². The van der Waals surface area contributed by atoms with E-state index in [0.717, 1.165) is 160 Å². The van der Waals surface area contributed by atoms with E-state index in [-0.39, 0.29) is 29.0 Å². The number of allylic oxidation sites excluding steroid dienone is 4. The molecule has 610 valence electrons. The minimum Gasteiger partial charge on any atom is -0.330 e. The standard InChI is InChI=1S/C20H22N4O.C19H19ClN4O.C19H22N4O.C17H24N4O.C16H21ClN4/c1-14-12-17-19(21-13-14)24(16-8-5-9-16)20(22-17)23-18(25)11-10-15-6-3-2-4-7-15;1-12-5-7-13(8-6-12)9-17(25)23-19-22-16-10-14(20)11-21-18(16)24(19)15-3-2-4-15;1-12-6-7-14(8-12)10-17(24)22-19-21-16-9-13(2)11-20-18(16)23(19)15-4-3-5-15;1-11-8-13-15(18-10-11)21(12-6-5-7-12)16(19-13)20-14(22)9-17(2,3)4;1-10(2)7-11(3)19-16-20-14-8-12(17)9-18-15(14)21(16)13-5-4-6-13/h2-4,6-7,12-13,16H,5,8-11H2,1H3,(H,22,23,25);5-8,10-11,15H,2-4,9H2,1H3,(H,22,23,25);7-9,11,15H,3-6,10H2,1-2H3,(H,21,22,24);8,10,12H,5-7,9H2,1-4H3,(H,19,20,22);8-10,13H,3-7H2,1-2H3,(H,19,20). The second kappa shape index (κ2) is 36.7. The van der Waals surface area contributed by atoms with Crippen molar-refractivity contribution in [1.29, 1.82) is 0 Å². The Labute approximate surface area is 693 Å². The van der Waals surface area contributed by atoms with E-state index in [2.05, 4.69) is 155 Å². The predicted octanol–water partition coefficient (Wildman–Crippen LogP) is 21.0. The molecule has 10 heterocycles. The van der Waals surface area contributed by atoms with Crippen LogP contribution < -0.4 is 26.6 Å². The normalized spacial score (nSPS) is 15.5. The molecule has 0 radical (unpaired) electrons. The van der Waals surface area contributed by atoms with Crippen molar-refractivity contribution < 1.29 is 19.2 Å². The van der Waals surface area contributed by atoms with Crippen LogP contribution in [0.25, 0.3) is 55.8 Å². The van der Waals surface area contributed by atoms with Gasteiger partial charge in [-0.1, -0.05) is 142 Å². The maximum absolute atomic E-state index is 12.5. The lowest BCUT2D eigenvalue weighted by Crippen LogP contribution is -2.24. The number of nitrogens with zero attached hydrogens (tertiary/aromatic N) is 15. The summed E-state index contributed by atoms with van der Waals surface area (Å²) in [6.45, 7) is 24.8. The number of carbonyl (C=O) groups excluding carboxylic acids is 4. The Morgan fingerprint density at radius 2 is 0.803 bits per heavy atom. The minimum atomic E-state index is -0.0779. The van der Waals surface area contributed by atoms with Crippen molar-refractivity contribution in [1.82, 2.24) is 72.7 Å². The molecule has 26 heteroatoms. The molecule has 0 atom stereocenters. The Hall–Kier alpha value is -11.0. The van der Waals surface area contributed by atoms with E-state index < -0.39 is 0 Å². The van der Waals surface area contributed by atoms with Crippen LogP contribution in [-0.2, 0) is 32.0 Å². The summed E-state index contributed by atoms with van der Waals surface area (Å²) in [5.74, 6) is 3.81. The molecule has 5 N–H and O–H groups in total. The fraction of sp³-hybridized carbons (Fsp3) is 0.429. The molecule has 6 aliphatic rings. The van der Waals surface area contributed by atoms with Crippen molar-refractivity contribution in [2.45, 2.75) is 241 Å². The van der Waals surface area contributed by atoms with Crippen molar-refractivity contribution in [3.8, 4) is 0 Å². The van der Waals surface area contributed by atoms with E-state index in [1.54, 1.807) is 18.5 Å². The third-order valence-corrected chi connectivity index (χ3v) is 22.7. The molecule has 5 saturated carbocycles. The summed E-state index contributed by atoms with van der Waals surface area (Å²) in [5.41, 5.74) is 18.3. The fourth-order valence-electron chi connectivity index (χ4n) is 15.3. The molecule has 6 aliphatic carbocycles. The van der Waals surface area contributed by atoms with Gasteiger partial charge in [-0.25, -0.2) is 49.8 Å². The van der Waals surface area contributed by atoms with Crippen LogP contribution in [-0.4, -0.2) is 96.3 Å². The first-order valence-corrected chi connectivity index (χ1v) is 42.2. The van der Waals surface area contributed by atoms with Gasteiger partial charge in [0.1, 0.15) is 27.6 Å². The number of pyridine rings is 5. The zero-order valence-corrected chi connectivity index (χ0v) is 70.5. The zero-order valence-electron chi connectivity index (χ0n) is 68.9. The number of anilines is 5. The second-order valence-electron chi connectivity index (χ2n) is 34.1. The van der Waals surface area contributed by atoms with E-state index >= 15 is 0 Å². The Kier molecular flexibility index (Phi) is 25.9. The average molecular weight is 1620 g/mol. The summed E-state index contributed by atoms with van der Waals surface area (Å²) in [6.07, 6.45) is 34.8. The van der Waals surface area contributed by atoms with E-state index in [0.29, 0.717) is 101 Å². The predicted molar refractivity (Wildman–Crippen MR) is 468 cm³/mol. The molecule has 24 nitrogen and oxygen atoms in total. The first kappa shape index (κ1) is 82.5. The van der Waals surface area contributed by atoms with Gasteiger partial charge in [-0.05, 0) is 225 Å². The van der Waals surface area contributed by atoms with Crippen molar-refractivity contribution in [2.24, 2.45) is 11.3 Å². The van der Waals surface area contributed by atoms with Crippen molar-refractivity contribution in [2.75, 3.05) is 26.6 Å². The number of rotatable bonds is 21. The van der Waals surface area contributed by atoms with E-state index in [1.807, 2.05) is 130 Å². The molecule has 0 spiro atoms. The van der Waals surface area contributed by atoms with Crippen molar-refractivity contribution in [3.63, 3.8) is 0 Å². The van der Waals surface area contributed by atoms with E-state index in [1.165, 1.54) is 61.6 Å². The maximum Gasteiger partial charge on any atom is 0.231 e. The van der Waals surface area contributed by atoms with Crippen LogP contribution in [0.1, 0.15) is 234 Å². The highest BCUT2D eigenvalue weighted by molar-refractivity contribution is 6.31. The highest BCUT2D eigenvalue weighted by atomic mass is 35.5. The number of benzene rings is 2. The number of hydrogen-bond acceptors (Lipinski definition) is 15. The SMILES string of the molecule is C=C(CC(C)C)Nc1nc2cc(Cl)cnc2n1C1CCC1.CC1=CC(CC(=O)Nc2nc3cc(C)cnc3n2C2CCC2)=CC1.Cc1ccc(CC(=O)Nc2nc3cc(Cl)cnc3n2C2CCC2)cc1.Cc1cnc2c(c1)nc(NC(=O)CC(C)(C)C)n2C1CCC1.Cc1cnc2c(c1)nc(NC(=O)CCc1ccccc1)n2C1CCC1. The third-order valence-electron chi connectivity index (χ3n) is 22.3. The van der Waals surface area contributed by atoms with Crippen LogP contribution in [0.15, 0.2) is 151 Å². The number of halogens is 2. The Balaban J connectivity index is 0.000000121. The number of hydrogen-bond donors (Lipinski definition) is 5. The number of imidazole rings is 5. The Morgan fingerprint density at radius 3 is 1.16 bits per heavy atom. The molecule has 2 aromatic carbocycles. The van der Waals surface area contributed by atoms with Crippen LogP contribution >= 0.6 is 23.2 Å². The molecule has 5 fully saturated rings. The lowest BCUT2D eigenvalue weighted by Gasteiger charge is -2.29. The second-order valence-corrected chi connectivity index (χ2v) is 34.9. The number of nitrogens with one attached hydrogen (secondary N) is 5. The summed E-state index contributed by atoms with van der Waals surface area (Å²) in [4.78, 5) is 95.3. The average Bonchev–Trinajstić information content (AvgIpc) is 1.66. The molecule has 0 aliphatic heterocycles. The summed E-state index contributed by atoms with van der Waals surface area (Å²) in [6, 6.07) is 29.8. The van der Waals surface area contributed by atoms with E-state index in [9.17, 15) is 19.2 Å². The van der Waals surface area contributed by atoms with Crippen molar-refractivity contribution in [3.05, 3.63) is 195 Å². The van der Waals surface area contributed by atoms with Gasteiger partial charge in [-0.15, -0.1) is 0 Å². The summed E-state index contributed by atoms with van der Waals surface area (Å²) in [7, 11) is 0. The van der Waals surface area contributed by atoms with Crippen LogP contribution in [0.4, 0.5) is 29.7 Å². The van der Waals surface area contributed by atoms with Gasteiger partial charge in [0.2, 0.25) is 53.4 Å². The molecule has 0 saturated heterocycles. The van der Waals surface area contributed by atoms with Gasteiger partial charge in [0, 0.05) is 79.7 Å². The van der Waals surface area contributed by atoms with Crippen molar-refractivity contribution >= 4 is 132 Å². The molecule has 0 unspecified atom stereocenters. The Morgan fingerprint density at radius 1 is 0.444 bits per heavy atom. The molecule has 12 aromatic rings. The first-order chi connectivity index (χ1) is 56.3. The van der Waals surface area contributed by atoms with Gasteiger partial charge in [-0.2, -0.15) is 0 Å². The molecule has 18 rings (SSSR count). The maximum atomic E-state index is 12.5. The number of carbonyl (C=O) groups is 4. The highest BCUT2D eigenvalue weighted by Crippen LogP contribution is 2.42. The van der Waals surface area contributed by atoms with Crippen LogP contribution in [0, 0.1) is 39.0 Å². The van der Waals surface area contributed by atoms with E-state index in [4.69, 9.17) is 23.2 Å². The quantitative estimate of drug-likeness (QED) is 0.0447. The molecule has 4 amide bonds. The number of aromatic nitrogens is 15. The summed E-state index contributed by atoms with van der Waals surface area (Å²) >= 11 is 12.1. The molecule has 0 bridgehead atoms. The first-order valence-electron chi connectivity index (χ1n) is 41.5. The van der Waals surface area contributed by atoms with Gasteiger partial charge in [0.15, 0.2) is 28.2 Å². The van der Waals surface area contributed by atoms with Gasteiger partial charge in [-0.3, -0.25) is 63.3 Å². The van der Waals surface area contributed by atoms with Gasteiger partial charge in [0.25, 0.3) is 0 Å². The highest BCUT2D eigenvalue weighted by Gasteiger charge is 2.32. The number of aryl methyl sites for hydroxylation is 5. The third kappa shape index (κ3) is 20.5. The largest absolute Gasteiger partial charge is 0.330 e. The number of fused-ring (bicyclic) bond motifs is 5. The van der Waals surface area contributed by atoms with Gasteiger partial charge < -0.3 is 5.32 Å². The molecule has 10 aromatic heterocycles. The smallest absolute Gasteiger partial charge is 0.231 e. The molecular weight excluding hydrogens is 1510 g/mol. The topological polar surface area (TPSA) is 282 Å². The van der Waals surface area contributed by atoms with Crippen LogP contribution in [0.2, 0.25) is 10.0 Å². The lowest BCUT2D eigenvalue weighted by atomic mass is 9.92. The summed E-state index contributed by atoms with van der Waals surface area (Å²) < 4.78 is 10.6. The van der Waals surface area contributed by atoms with Crippen LogP contribution in [0.5, 0.6) is 0 Å². The molecular formula is C91H108Cl2N20O4. The minimum absolute atomic E-state index is 0.00328.